The molecule has 3 aromatic carbocycles. The van der Waals surface area contributed by atoms with E-state index in [1.807, 2.05) is 6.92 Å². The molecule has 3 rings (SSSR count). The summed E-state index contributed by atoms with van der Waals surface area (Å²) in [4.78, 5) is 12.9. The zero-order valence-corrected chi connectivity index (χ0v) is 20.2. The largest absolute Gasteiger partial charge is 0.494 e. The molecule has 0 fully saturated rings. The van der Waals surface area contributed by atoms with Gasteiger partial charge in [-0.3, -0.25) is 9.10 Å². The highest BCUT2D eigenvalue weighted by Crippen LogP contribution is 2.27. The topological polar surface area (TPSA) is 84.9 Å². The number of hydrogen-bond donors (Lipinski definition) is 1. The Bertz CT molecular complexity index is 1230. The third kappa shape index (κ3) is 6.52. The number of nitrogens with one attached hydrogen (secondary N) is 1. The first kappa shape index (κ1) is 25.1. The first-order chi connectivity index (χ1) is 16.3. The second kappa shape index (κ2) is 11.6. The van der Waals surface area contributed by atoms with Crippen LogP contribution in [0.5, 0.6) is 11.5 Å². The van der Waals surface area contributed by atoms with Crippen molar-refractivity contribution in [1.29, 1.82) is 0 Å². The smallest absolute Gasteiger partial charge is 0.264 e. The quantitative estimate of drug-likeness (QED) is 0.368. The van der Waals surface area contributed by atoms with Crippen LogP contribution >= 0.6 is 11.6 Å². The van der Waals surface area contributed by atoms with E-state index in [2.05, 4.69) is 11.9 Å². The molecule has 9 heteroatoms. The van der Waals surface area contributed by atoms with Gasteiger partial charge >= 0.3 is 0 Å². The maximum absolute atomic E-state index is 13.5. The minimum absolute atomic E-state index is 0.0124. The average Bonchev–Trinajstić information content (AvgIpc) is 2.82. The molecule has 0 saturated heterocycles. The first-order valence-corrected chi connectivity index (χ1v) is 12.3. The number of sulfonamides is 1. The van der Waals surface area contributed by atoms with Crippen LogP contribution in [0.3, 0.4) is 0 Å². The van der Waals surface area contributed by atoms with Crippen LogP contribution in [0.2, 0.25) is 5.02 Å². The van der Waals surface area contributed by atoms with Gasteiger partial charge in [0.25, 0.3) is 10.0 Å². The van der Waals surface area contributed by atoms with Crippen LogP contribution in [0.4, 0.5) is 11.4 Å². The molecule has 3 aromatic rings. The molecule has 0 spiro atoms. The number of benzene rings is 3. The predicted molar refractivity (Wildman–Crippen MR) is 134 cm³/mol. The summed E-state index contributed by atoms with van der Waals surface area (Å²) in [5.74, 6) is 0.623. The summed E-state index contributed by atoms with van der Waals surface area (Å²) in [6, 6.07) is 19.1. The van der Waals surface area contributed by atoms with Gasteiger partial charge < -0.3 is 14.8 Å². The van der Waals surface area contributed by atoms with Crippen LogP contribution in [0, 0.1) is 0 Å². The fraction of sp³-hybridized carbons (Fsp3) is 0.160. The molecule has 0 saturated carbocycles. The third-order valence-electron chi connectivity index (χ3n) is 4.61. The summed E-state index contributed by atoms with van der Waals surface area (Å²) in [6.07, 6.45) is 1.61. The molecule has 178 valence electrons. The number of amides is 1. The number of hydrogen-bond acceptors (Lipinski definition) is 5. The summed E-state index contributed by atoms with van der Waals surface area (Å²) >= 11 is 5.92. The van der Waals surface area contributed by atoms with Crippen LogP contribution in [0.1, 0.15) is 6.92 Å². The van der Waals surface area contributed by atoms with E-state index in [-0.39, 0.29) is 4.90 Å². The lowest BCUT2D eigenvalue weighted by Gasteiger charge is -2.24. The van der Waals surface area contributed by atoms with Crippen LogP contribution in [0.25, 0.3) is 0 Å². The van der Waals surface area contributed by atoms with Gasteiger partial charge in [-0.15, -0.1) is 0 Å². The van der Waals surface area contributed by atoms with Crippen LogP contribution in [0.15, 0.2) is 90.3 Å². The van der Waals surface area contributed by atoms with E-state index in [4.69, 9.17) is 21.1 Å². The van der Waals surface area contributed by atoms with E-state index in [0.29, 0.717) is 41.1 Å². The Morgan fingerprint density at radius 3 is 2.38 bits per heavy atom. The van der Waals surface area contributed by atoms with E-state index in [9.17, 15) is 13.2 Å². The first-order valence-electron chi connectivity index (χ1n) is 10.5. The second-order valence-corrected chi connectivity index (χ2v) is 9.37. The molecule has 0 radical (unpaired) electrons. The Morgan fingerprint density at radius 2 is 1.74 bits per heavy atom. The molecule has 7 nitrogen and oxygen atoms in total. The molecule has 0 aliphatic rings. The average molecular weight is 501 g/mol. The maximum Gasteiger partial charge on any atom is 0.264 e. The SMILES string of the molecule is C=CCOc1cccc(NC(=O)CN(c2ccc(OCC)cc2)S(=O)(=O)c2ccc(Cl)cc2)c1. The summed E-state index contributed by atoms with van der Waals surface area (Å²) in [7, 11) is -4.07. The van der Waals surface area contributed by atoms with Crippen molar-refractivity contribution in [1.82, 2.24) is 0 Å². The molecule has 0 aromatic heterocycles. The number of nitrogens with zero attached hydrogens (tertiary/aromatic N) is 1. The van der Waals surface area contributed by atoms with Gasteiger partial charge in [0, 0.05) is 16.8 Å². The third-order valence-corrected chi connectivity index (χ3v) is 6.65. The molecule has 1 amide bonds. The number of rotatable bonds is 11. The molecule has 0 heterocycles. The highest BCUT2D eigenvalue weighted by molar-refractivity contribution is 7.92. The summed E-state index contributed by atoms with van der Waals surface area (Å²) in [5, 5.41) is 3.13. The Kier molecular flexibility index (Phi) is 8.56. The van der Waals surface area contributed by atoms with E-state index in [1.54, 1.807) is 54.6 Å². The number of ether oxygens (including phenoxy) is 2. The Balaban J connectivity index is 1.88. The van der Waals surface area contributed by atoms with Gasteiger partial charge in [0.2, 0.25) is 5.91 Å². The van der Waals surface area contributed by atoms with Crippen molar-refractivity contribution in [2.45, 2.75) is 11.8 Å². The number of carbonyl (C=O) groups excluding carboxylic acids is 1. The lowest BCUT2D eigenvalue weighted by atomic mass is 10.3. The van der Waals surface area contributed by atoms with Crippen molar-refractivity contribution in [3.05, 3.63) is 90.5 Å². The molecular weight excluding hydrogens is 476 g/mol. The molecule has 0 aliphatic carbocycles. The van der Waals surface area contributed by atoms with Gasteiger partial charge in [-0.05, 0) is 67.6 Å². The highest BCUT2D eigenvalue weighted by Gasteiger charge is 2.27. The lowest BCUT2D eigenvalue weighted by Crippen LogP contribution is -2.38. The van der Waals surface area contributed by atoms with Gasteiger partial charge in [0.05, 0.1) is 17.2 Å². The fourth-order valence-corrected chi connectivity index (χ4v) is 4.62. The van der Waals surface area contributed by atoms with Crippen LogP contribution in [-0.2, 0) is 14.8 Å². The Hall–Kier alpha value is -3.49. The van der Waals surface area contributed by atoms with Gasteiger partial charge in [-0.2, -0.15) is 0 Å². The van der Waals surface area contributed by atoms with Crippen molar-refractivity contribution < 1.29 is 22.7 Å². The summed E-state index contributed by atoms with van der Waals surface area (Å²) < 4.78 is 38.9. The molecular formula is C25H25ClN2O5S. The van der Waals surface area contributed by atoms with Gasteiger partial charge in [0.15, 0.2) is 0 Å². The Labute approximate surface area is 204 Å². The maximum atomic E-state index is 13.5. The van der Waals surface area contributed by atoms with Crippen molar-refractivity contribution in [3.63, 3.8) is 0 Å². The summed E-state index contributed by atoms with van der Waals surface area (Å²) in [5.41, 5.74) is 0.790. The second-order valence-electron chi connectivity index (χ2n) is 7.07. The number of anilines is 2. The number of halogens is 1. The van der Waals surface area contributed by atoms with Crippen molar-refractivity contribution in [2.24, 2.45) is 0 Å². The van der Waals surface area contributed by atoms with E-state index >= 15 is 0 Å². The molecule has 0 unspecified atom stereocenters. The van der Waals surface area contributed by atoms with Gasteiger partial charge in [0.1, 0.15) is 24.7 Å². The highest BCUT2D eigenvalue weighted by atomic mass is 35.5. The predicted octanol–water partition coefficient (Wildman–Crippen LogP) is 5.14. The van der Waals surface area contributed by atoms with Crippen LogP contribution in [-0.4, -0.2) is 34.1 Å². The zero-order chi connectivity index (χ0) is 24.6. The van der Waals surface area contributed by atoms with Crippen LogP contribution < -0.4 is 19.1 Å². The molecule has 0 atom stereocenters. The molecule has 1 N–H and O–H groups in total. The van der Waals surface area contributed by atoms with E-state index in [0.717, 1.165) is 4.31 Å². The molecule has 34 heavy (non-hydrogen) atoms. The minimum Gasteiger partial charge on any atom is -0.494 e. The monoisotopic (exact) mass is 500 g/mol. The fourth-order valence-electron chi connectivity index (χ4n) is 3.07. The van der Waals surface area contributed by atoms with Gasteiger partial charge in [-0.1, -0.05) is 30.3 Å². The van der Waals surface area contributed by atoms with Crippen molar-refractivity contribution in [3.8, 4) is 11.5 Å². The lowest BCUT2D eigenvalue weighted by molar-refractivity contribution is -0.114. The van der Waals surface area contributed by atoms with E-state index in [1.165, 1.54) is 24.3 Å². The molecule has 0 aliphatic heterocycles. The van der Waals surface area contributed by atoms with E-state index < -0.39 is 22.5 Å². The minimum atomic E-state index is -4.07. The van der Waals surface area contributed by atoms with Crippen molar-refractivity contribution in [2.75, 3.05) is 29.4 Å². The molecule has 0 bridgehead atoms. The standard InChI is InChI=1S/C25H25ClN2O5S/c1-3-16-33-23-7-5-6-20(17-23)27-25(29)18-28(21-10-12-22(13-11-21)32-4-2)34(30,31)24-14-8-19(26)9-15-24/h3,5-15,17H,1,4,16,18H2,2H3,(H,27,29). The normalized spacial score (nSPS) is 10.9. The van der Waals surface area contributed by atoms with Crippen molar-refractivity contribution >= 4 is 38.9 Å². The number of carbonyl (C=O) groups is 1. The zero-order valence-electron chi connectivity index (χ0n) is 18.6. The Morgan fingerprint density at radius 1 is 1.03 bits per heavy atom. The van der Waals surface area contributed by atoms with Gasteiger partial charge in [-0.25, -0.2) is 8.42 Å². The summed E-state index contributed by atoms with van der Waals surface area (Å²) in [6.45, 7) is 5.81.